The van der Waals surface area contributed by atoms with Crippen LogP contribution in [0.15, 0.2) is 18.5 Å². The van der Waals surface area contributed by atoms with Crippen molar-refractivity contribution in [2.75, 3.05) is 0 Å². The van der Waals surface area contributed by atoms with Crippen LogP contribution in [0, 0.1) is 0 Å². The van der Waals surface area contributed by atoms with Crippen LogP contribution in [0.1, 0.15) is 11.1 Å². The number of fused-ring (bicyclic) bond motifs is 1. The predicted octanol–water partition coefficient (Wildman–Crippen LogP) is 2.07. The van der Waals surface area contributed by atoms with Crippen molar-refractivity contribution >= 4 is 11.0 Å². The number of halogens is 3. The Hall–Kier alpha value is -1.56. The first-order valence-electron chi connectivity index (χ1n) is 4.17. The second kappa shape index (κ2) is 3.23. The fourth-order valence-electron chi connectivity index (χ4n) is 1.45. The molecule has 6 heteroatoms. The van der Waals surface area contributed by atoms with Gasteiger partial charge < -0.3 is 10.1 Å². The molecular weight excluding hydrogens is 209 g/mol. The molecule has 0 fully saturated rings. The van der Waals surface area contributed by atoms with Crippen molar-refractivity contribution in [3.8, 4) is 0 Å². The van der Waals surface area contributed by atoms with Crippen LogP contribution >= 0.6 is 0 Å². The highest BCUT2D eigenvalue weighted by Crippen LogP contribution is 2.34. The highest BCUT2D eigenvalue weighted by molar-refractivity contribution is 5.82. The van der Waals surface area contributed by atoms with Crippen LogP contribution in [-0.4, -0.2) is 15.1 Å². The first-order valence-corrected chi connectivity index (χ1v) is 4.17. The van der Waals surface area contributed by atoms with Gasteiger partial charge >= 0.3 is 6.18 Å². The molecule has 2 rings (SSSR count). The van der Waals surface area contributed by atoms with Gasteiger partial charge in [0.15, 0.2) is 0 Å². The largest absolute Gasteiger partial charge is 0.418 e. The van der Waals surface area contributed by atoms with Crippen LogP contribution < -0.4 is 0 Å². The maximum Gasteiger partial charge on any atom is 0.418 e. The van der Waals surface area contributed by atoms with Gasteiger partial charge in [-0.25, -0.2) is 4.98 Å². The van der Waals surface area contributed by atoms with E-state index in [0.717, 1.165) is 6.07 Å². The topological polar surface area (TPSA) is 48.9 Å². The average Bonchev–Trinajstić information content (AvgIpc) is 2.62. The van der Waals surface area contributed by atoms with Crippen LogP contribution in [0.25, 0.3) is 11.0 Å². The summed E-state index contributed by atoms with van der Waals surface area (Å²) in [5.41, 5.74) is -0.326. The molecule has 80 valence electrons. The molecule has 0 amide bonds. The Morgan fingerprint density at radius 2 is 2.07 bits per heavy atom. The number of H-pyrrole nitrogens is 1. The number of aromatic nitrogens is 2. The normalized spacial score (nSPS) is 12.3. The Balaban J connectivity index is 2.74. The number of rotatable bonds is 1. The van der Waals surface area contributed by atoms with Crippen molar-refractivity contribution in [3.05, 3.63) is 29.6 Å². The summed E-state index contributed by atoms with van der Waals surface area (Å²) in [6.45, 7) is -0.334. The van der Waals surface area contributed by atoms with Gasteiger partial charge in [-0.2, -0.15) is 13.2 Å². The van der Waals surface area contributed by atoms with Crippen LogP contribution in [0.2, 0.25) is 0 Å². The Bertz CT molecular complexity index is 490. The summed E-state index contributed by atoms with van der Waals surface area (Å²) in [4.78, 5) is 6.18. The standard InChI is InChI=1S/C9H7F3N2O/c10-9(11,12)6-2-1-5(3-15)7-8(6)14-4-13-7/h1-2,4,15H,3H2,(H,13,14). The van der Waals surface area contributed by atoms with Gasteiger partial charge in [0, 0.05) is 5.56 Å². The zero-order valence-electron chi connectivity index (χ0n) is 7.47. The fourth-order valence-corrected chi connectivity index (χ4v) is 1.45. The second-order valence-corrected chi connectivity index (χ2v) is 3.05. The summed E-state index contributed by atoms with van der Waals surface area (Å²) in [5, 5.41) is 8.91. The lowest BCUT2D eigenvalue weighted by Gasteiger charge is -2.08. The zero-order chi connectivity index (χ0) is 11.1. The van der Waals surface area contributed by atoms with Crippen LogP contribution in [-0.2, 0) is 12.8 Å². The molecule has 0 aliphatic rings. The molecule has 0 saturated heterocycles. The molecule has 0 radical (unpaired) electrons. The number of alkyl halides is 3. The molecule has 1 heterocycles. The van der Waals surface area contributed by atoms with E-state index >= 15 is 0 Å². The summed E-state index contributed by atoms with van der Waals surface area (Å²) in [6.07, 6.45) is -3.24. The first kappa shape index (κ1) is 9.97. The van der Waals surface area contributed by atoms with Gasteiger partial charge in [-0.3, -0.25) is 0 Å². The van der Waals surface area contributed by atoms with E-state index < -0.39 is 11.7 Å². The third-order valence-electron chi connectivity index (χ3n) is 2.14. The van der Waals surface area contributed by atoms with Crippen molar-refractivity contribution in [1.82, 2.24) is 9.97 Å². The van der Waals surface area contributed by atoms with Gasteiger partial charge in [-0.1, -0.05) is 6.07 Å². The quantitative estimate of drug-likeness (QED) is 0.766. The smallest absolute Gasteiger partial charge is 0.392 e. The van der Waals surface area contributed by atoms with Crippen LogP contribution in [0.3, 0.4) is 0 Å². The number of imidazole rings is 1. The predicted molar refractivity (Wildman–Crippen MR) is 47.0 cm³/mol. The van der Waals surface area contributed by atoms with Gasteiger partial charge in [0.1, 0.15) is 0 Å². The summed E-state index contributed by atoms with van der Waals surface area (Å²) < 4.78 is 37.6. The number of nitrogens with zero attached hydrogens (tertiary/aromatic N) is 1. The monoisotopic (exact) mass is 216 g/mol. The maximum absolute atomic E-state index is 12.5. The zero-order valence-corrected chi connectivity index (χ0v) is 7.47. The number of aromatic amines is 1. The minimum atomic E-state index is -4.42. The number of nitrogens with one attached hydrogen (secondary N) is 1. The lowest BCUT2D eigenvalue weighted by Crippen LogP contribution is -2.06. The Morgan fingerprint density at radius 3 is 2.67 bits per heavy atom. The van der Waals surface area contributed by atoms with Crippen molar-refractivity contribution < 1.29 is 18.3 Å². The van der Waals surface area contributed by atoms with E-state index in [1.54, 1.807) is 0 Å². The Morgan fingerprint density at radius 1 is 1.33 bits per heavy atom. The fraction of sp³-hybridized carbons (Fsp3) is 0.222. The van der Waals surface area contributed by atoms with Gasteiger partial charge in [0.2, 0.25) is 0 Å². The third kappa shape index (κ3) is 1.56. The molecule has 1 aromatic carbocycles. The molecule has 2 N–H and O–H groups in total. The minimum Gasteiger partial charge on any atom is -0.392 e. The van der Waals surface area contributed by atoms with E-state index in [2.05, 4.69) is 9.97 Å². The molecule has 0 aliphatic carbocycles. The average molecular weight is 216 g/mol. The molecule has 2 aromatic rings. The minimum absolute atomic E-state index is 0.0888. The Labute approximate surface area is 82.6 Å². The molecule has 0 saturated carbocycles. The van der Waals surface area contributed by atoms with Crippen molar-refractivity contribution in [3.63, 3.8) is 0 Å². The molecule has 3 nitrogen and oxygen atoms in total. The summed E-state index contributed by atoms with van der Waals surface area (Å²) >= 11 is 0. The van der Waals surface area contributed by atoms with Crippen molar-refractivity contribution in [2.45, 2.75) is 12.8 Å². The number of aliphatic hydroxyl groups excluding tert-OH is 1. The van der Waals surface area contributed by atoms with Crippen LogP contribution in [0.4, 0.5) is 13.2 Å². The van der Waals surface area contributed by atoms with E-state index in [1.165, 1.54) is 12.4 Å². The molecule has 1 aromatic heterocycles. The molecule has 0 spiro atoms. The van der Waals surface area contributed by atoms with E-state index in [0.29, 0.717) is 5.56 Å². The molecule has 0 unspecified atom stereocenters. The lowest BCUT2D eigenvalue weighted by molar-refractivity contribution is -0.136. The number of benzene rings is 1. The molecule has 15 heavy (non-hydrogen) atoms. The van der Waals surface area contributed by atoms with E-state index in [-0.39, 0.29) is 17.6 Å². The summed E-state index contributed by atoms with van der Waals surface area (Å²) in [6, 6.07) is 2.16. The highest BCUT2D eigenvalue weighted by atomic mass is 19.4. The van der Waals surface area contributed by atoms with E-state index in [9.17, 15) is 13.2 Å². The van der Waals surface area contributed by atoms with Crippen LogP contribution in [0.5, 0.6) is 0 Å². The highest BCUT2D eigenvalue weighted by Gasteiger charge is 2.33. The molecule has 0 bridgehead atoms. The first-order chi connectivity index (χ1) is 7.04. The number of hydrogen-bond acceptors (Lipinski definition) is 2. The molecule has 0 atom stereocenters. The number of hydrogen-bond donors (Lipinski definition) is 2. The summed E-state index contributed by atoms with van der Waals surface area (Å²) in [5.74, 6) is 0. The van der Waals surface area contributed by atoms with E-state index in [4.69, 9.17) is 5.11 Å². The van der Waals surface area contributed by atoms with Gasteiger partial charge in [-0.15, -0.1) is 0 Å². The van der Waals surface area contributed by atoms with E-state index in [1.807, 2.05) is 0 Å². The number of aliphatic hydroxyl groups is 1. The van der Waals surface area contributed by atoms with Crippen molar-refractivity contribution in [1.29, 1.82) is 0 Å². The van der Waals surface area contributed by atoms with Gasteiger partial charge in [0.25, 0.3) is 0 Å². The Kier molecular flexibility index (Phi) is 2.15. The van der Waals surface area contributed by atoms with Crippen molar-refractivity contribution in [2.24, 2.45) is 0 Å². The third-order valence-corrected chi connectivity index (χ3v) is 2.14. The molecule has 0 aliphatic heterocycles. The maximum atomic E-state index is 12.5. The molecular formula is C9H7F3N2O. The second-order valence-electron chi connectivity index (χ2n) is 3.05. The summed E-state index contributed by atoms with van der Waals surface area (Å²) in [7, 11) is 0. The van der Waals surface area contributed by atoms with Gasteiger partial charge in [0.05, 0.1) is 29.5 Å². The lowest BCUT2D eigenvalue weighted by atomic mass is 10.1. The van der Waals surface area contributed by atoms with Gasteiger partial charge in [-0.05, 0) is 6.07 Å². The SMILES string of the molecule is OCc1ccc(C(F)(F)F)c2[nH]cnc12.